The molecule has 0 aromatic carbocycles. The van der Waals surface area contributed by atoms with E-state index in [-0.39, 0.29) is 0 Å². The second kappa shape index (κ2) is 5.01. The van der Waals surface area contributed by atoms with Crippen molar-refractivity contribution in [2.45, 2.75) is 30.9 Å². The van der Waals surface area contributed by atoms with E-state index in [1.807, 2.05) is 0 Å². The Morgan fingerprint density at radius 1 is 0.786 bits per heavy atom. The van der Waals surface area contributed by atoms with Crippen LogP contribution >= 0.6 is 0 Å². The van der Waals surface area contributed by atoms with Gasteiger partial charge in [0.05, 0.1) is 0 Å². The number of aliphatic hydroxyl groups is 2. The van der Waals surface area contributed by atoms with Gasteiger partial charge in [0.2, 0.25) is 0 Å². The Balaban J connectivity index is 2.76. The van der Waals surface area contributed by atoms with Gasteiger partial charge in [-0.15, -0.1) is 0 Å². The Morgan fingerprint density at radius 2 is 1.14 bits per heavy atom. The van der Waals surface area contributed by atoms with Gasteiger partial charge in [0.1, 0.15) is 18.3 Å². The molecule has 1 rings (SSSR count). The molecule has 1 fully saturated rings. The van der Waals surface area contributed by atoms with Gasteiger partial charge in [-0.2, -0.15) is 0 Å². The first kappa shape index (κ1) is 11.8. The highest BCUT2D eigenvalue weighted by Gasteiger charge is 2.45. The fraction of sp³-hybridized carbons (Fsp3) is 1.00. The number of hydrogen-bond donors (Lipinski definition) is 2. The zero-order valence-electron chi connectivity index (χ0n) is 8.41. The third kappa shape index (κ3) is 2.05. The highest BCUT2D eigenvalue weighted by Crippen LogP contribution is 2.24. The summed E-state index contributed by atoms with van der Waals surface area (Å²) in [5.41, 5.74) is 0. The summed E-state index contributed by atoms with van der Waals surface area (Å²) >= 11 is 0. The number of rotatable bonds is 3. The molecule has 0 saturated carbocycles. The Labute approximate surface area is 82.3 Å². The van der Waals surface area contributed by atoms with Crippen molar-refractivity contribution in [2.24, 2.45) is 0 Å². The summed E-state index contributed by atoms with van der Waals surface area (Å²) in [5, 5.41) is 18.8. The smallest absolute Gasteiger partial charge is 0.187 e. The topological polar surface area (TPSA) is 77.4 Å². The van der Waals surface area contributed by atoms with Gasteiger partial charge in [-0.1, -0.05) is 0 Å². The van der Waals surface area contributed by atoms with Crippen molar-refractivity contribution in [1.29, 1.82) is 0 Å². The van der Waals surface area contributed by atoms with Crippen molar-refractivity contribution in [1.82, 2.24) is 0 Å². The first-order valence-corrected chi connectivity index (χ1v) is 4.25. The van der Waals surface area contributed by atoms with Crippen molar-refractivity contribution in [3.8, 4) is 0 Å². The summed E-state index contributed by atoms with van der Waals surface area (Å²) in [6.45, 7) is 0. The number of ether oxygens (including phenoxy) is 4. The van der Waals surface area contributed by atoms with E-state index in [1.54, 1.807) is 0 Å². The van der Waals surface area contributed by atoms with E-state index in [9.17, 15) is 10.2 Å². The van der Waals surface area contributed by atoms with Crippen LogP contribution in [0.5, 0.6) is 0 Å². The van der Waals surface area contributed by atoms with Gasteiger partial charge >= 0.3 is 0 Å². The largest absolute Gasteiger partial charge is 0.376 e. The molecule has 1 saturated heterocycles. The minimum atomic E-state index is -1.22. The summed E-state index contributed by atoms with van der Waals surface area (Å²) in [5.74, 6) is 0. The van der Waals surface area contributed by atoms with Crippen LogP contribution in [0, 0.1) is 0 Å². The minimum Gasteiger partial charge on any atom is -0.376 e. The molecule has 6 heteroatoms. The van der Waals surface area contributed by atoms with Gasteiger partial charge in [-0.3, -0.25) is 0 Å². The highest BCUT2D eigenvalue weighted by atomic mass is 16.7. The van der Waals surface area contributed by atoms with Crippen LogP contribution in [-0.4, -0.2) is 62.4 Å². The molecule has 1 aliphatic heterocycles. The van der Waals surface area contributed by atoms with Crippen molar-refractivity contribution in [2.75, 3.05) is 21.3 Å². The van der Waals surface area contributed by atoms with Crippen LogP contribution in [0.25, 0.3) is 0 Å². The second-order valence-corrected chi connectivity index (χ2v) is 3.02. The number of aliphatic hydroxyl groups excluding tert-OH is 2. The molecule has 1 aliphatic rings. The van der Waals surface area contributed by atoms with E-state index in [0.29, 0.717) is 0 Å². The molecule has 0 bridgehead atoms. The minimum absolute atomic E-state index is 0.566. The predicted octanol–water partition coefficient (Wildman–Crippen LogP) is -1.30. The van der Waals surface area contributed by atoms with Crippen LogP contribution in [0.3, 0.4) is 0 Å². The Morgan fingerprint density at radius 3 is 1.43 bits per heavy atom. The zero-order chi connectivity index (χ0) is 10.7. The predicted molar refractivity (Wildman–Crippen MR) is 45.5 cm³/mol. The Bertz CT molecular complexity index is 159. The van der Waals surface area contributed by atoms with E-state index in [0.717, 1.165) is 0 Å². The average molecular weight is 208 g/mol. The molecule has 2 N–H and O–H groups in total. The SMILES string of the molecule is COC1C(O)OC(O)C(OC)C1OC. The molecule has 84 valence electrons. The summed E-state index contributed by atoms with van der Waals surface area (Å²) in [4.78, 5) is 0. The molecule has 4 atom stereocenters. The van der Waals surface area contributed by atoms with E-state index in [1.165, 1.54) is 21.3 Å². The standard InChI is InChI=1S/C8H16O6/c1-11-4-5(12-2)7(9)14-8(10)6(4)13-3/h4-10H,1-3H3. The van der Waals surface area contributed by atoms with Crippen LogP contribution < -0.4 is 0 Å². The third-order valence-electron chi connectivity index (χ3n) is 2.31. The number of hydrogen-bond acceptors (Lipinski definition) is 6. The van der Waals surface area contributed by atoms with Crippen LogP contribution in [0.15, 0.2) is 0 Å². The van der Waals surface area contributed by atoms with Crippen molar-refractivity contribution < 1.29 is 29.2 Å². The van der Waals surface area contributed by atoms with Gasteiger partial charge in [-0.25, -0.2) is 0 Å². The fourth-order valence-electron chi connectivity index (χ4n) is 1.58. The van der Waals surface area contributed by atoms with Gasteiger partial charge < -0.3 is 29.2 Å². The Hall–Kier alpha value is -0.240. The maximum Gasteiger partial charge on any atom is 0.187 e. The molecule has 6 nitrogen and oxygen atoms in total. The Kier molecular flexibility index (Phi) is 4.24. The average Bonchev–Trinajstić information content (AvgIpc) is 2.16. The summed E-state index contributed by atoms with van der Waals surface area (Å²) in [6.07, 6.45) is -4.34. The lowest BCUT2D eigenvalue weighted by Gasteiger charge is -2.40. The molecular weight excluding hydrogens is 192 g/mol. The molecule has 1 heterocycles. The first-order chi connectivity index (χ1) is 6.65. The van der Waals surface area contributed by atoms with E-state index < -0.39 is 30.9 Å². The third-order valence-corrected chi connectivity index (χ3v) is 2.31. The van der Waals surface area contributed by atoms with Crippen molar-refractivity contribution in [3.63, 3.8) is 0 Å². The normalized spacial score (nSPS) is 43.9. The molecule has 0 aromatic heterocycles. The zero-order valence-corrected chi connectivity index (χ0v) is 8.41. The van der Waals surface area contributed by atoms with Gasteiger partial charge in [0.15, 0.2) is 12.6 Å². The maximum absolute atomic E-state index is 9.41. The lowest BCUT2D eigenvalue weighted by atomic mass is 10.0. The lowest BCUT2D eigenvalue weighted by Crippen LogP contribution is -2.59. The number of methoxy groups -OCH3 is 3. The summed E-state index contributed by atoms with van der Waals surface area (Å²) in [6, 6.07) is 0. The fourth-order valence-corrected chi connectivity index (χ4v) is 1.58. The van der Waals surface area contributed by atoms with Crippen molar-refractivity contribution in [3.05, 3.63) is 0 Å². The van der Waals surface area contributed by atoms with Crippen LogP contribution in [0.4, 0.5) is 0 Å². The van der Waals surface area contributed by atoms with E-state index >= 15 is 0 Å². The molecule has 0 spiro atoms. The van der Waals surface area contributed by atoms with Crippen molar-refractivity contribution >= 4 is 0 Å². The van der Waals surface area contributed by atoms with Crippen LogP contribution in [0.2, 0.25) is 0 Å². The quantitative estimate of drug-likeness (QED) is 0.600. The summed E-state index contributed by atoms with van der Waals surface area (Å²) < 4.78 is 19.9. The monoisotopic (exact) mass is 208 g/mol. The van der Waals surface area contributed by atoms with E-state index in [4.69, 9.17) is 18.9 Å². The maximum atomic E-state index is 9.41. The highest BCUT2D eigenvalue weighted by molar-refractivity contribution is 4.87. The molecule has 0 aliphatic carbocycles. The summed E-state index contributed by atoms with van der Waals surface area (Å²) in [7, 11) is 4.30. The molecular formula is C8H16O6. The molecule has 4 unspecified atom stereocenters. The molecule has 0 amide bonds. The lowest BCUT2D eigenvalue weighted by molar-refractivity contribution is -0.338. The van der Waals surface area contributed by atoms with Gasteiger partial charge in [0, 0.05) is 21.3 Å². The second-order valence-electron chi connectivity index (χ2n) is 3.02. The van der Waals surface area contributed by atoms with Crippen LogP contribution in [0.1, 0.15) is 0 Å². The molecule has 0 aromatic rings. The first-order valence-electron chi connectivity index (χ1n) is 4.25. The van der Waals surface area contributed by atoms with E-state index in [2.05, 4.69) is 0 Å². The molecule has 14 heavy (non-hydrogen) atoms. The molecule has 0 radical (unpaired) electrons. The van der Waals surface area contributed by atoms with Gasteiger partial charge in [-0.05, 0) is 0 Å². The van der Waals surface area contributed by atoms with Gasteiger partial charge in [0.25, 0.3) is 0 Å². The van der Waals surface area contributed by atoms with Crippen LogP contribution in [-0.2, 0) is 18.9 Å².